The highest BCUT2D eigenvalue weighted by Crippen LogP contribution is 2.41. The van der Waals surface area contributed by atoms with Crippen molar-refractivity contribution in [2.45, 2.75) is 0 Å². The Bertz CT molecular complexity index is 3200. The fraction of sp³-hybridized carbons (Fsp3) is 0. The molecule has 0 saturated heterocycles. The van der Waals surface area contributed by atoms with Crippen molar-refractivity contribution in [3.63, 3.8) is 0 Å². The zero-order valence-electron chi connectivity index (χ0n) is 30.8. The molecule has 0 aliphatic carbocycles. The van der Waals surface area contributed by atoms with Crippen LogP contribution in [0.5, 0.6) is 0 Å². The van der Waals surface area contributed by atoms with Gasteiger partial charge in [0.25, 0.3) is 0 Å². The molecular formula is C53H34N2O2. The summed E-state index contributed by atoms with van der Waals surface area (Å²) in [5, 5.41) is 4.46. The molecule has 11 rings (SSSR count). The average Bonchev–Trinajstić information content (AvgIpc) is 3.89. The maximum atomic E-state index is 6.32. The third kappa shape index (κ3) is 5.83. The van der Waals surface area contributed by atoms with Crippen LogP contribution in [0.1, 0.15) is 0 Å². The minimum Gasteiger partial charge on any atom is -0.456 e. The van der Waals surface area contributed by atoms with E-state index in [-0.39, 0.29) is 0 Å². The molecule has 2 aromatic heterocycles. The van der Waals surface area contributed by atoms with Gasteiger partial charge in [-0.2, -0.15) is 0 Å². The number of hydrogen-bond donors (Lipinski definition) is 0. The number of anilines is 3. The van der Waals surface area contributed by atoms with Gasteiger partial charge in [0.2, 0.25) is 5.89 Å². The van der Waals surface area contributed by atoms with E-state index < -0.39 is 0 Å². The van der Waals surface area contributed by atoms with E-state index in [1.54, 1.807) is 0 Å². The lowest BCUT2D eigenvalue weighted by Crippen LogP contribution is -2.09. The number of furan rings is 1. The first kappa shape index (κ1) is 32.7. The molecule has 9 aromatic carbocycles. The summed E-state index contributed by atoms with van der Waals surface area (Å²) in [6, 6.07) is 72.5. The summed E-state index contributed by atoms with van der Waals surface area (Å²) >= 11 is 0. The molecule has 57 heavy (non-hydrogen) atoms. The number of hydrogen-bond acceptors (Lipinski definition) is 4. The average molecular weight is 731 g/mol. The maximum absolute atomic E-state index is 6.32. The quantitative estimate of drug-likeness (QED) is 0.164. The summed E-state index contributed by atoms with van der Waals surface area (Å²) in [4.78, 5) is 7.27. The molecule has 0 radical (unpaired) electrons. The van der Waals surface area contributed by atoms with Gasteiger partial charge in [0, 0.05) is 28.0 Å². The zero-order valence-corrected chi connectivity index (χ0v) is 30.8. The van der Waals surface area contributed by atoms with Crippen molar-refractivity contribution in [1.29, 1.82) is 0 Å². The molecule has 0 amide bonds. The minimum atomic E-state index is 0.599. The molecule has 0 aliphatic heterocycles. The van der Waals surface area contributed by atoms with E-state index in [1.807, 2.05) is 42.5 Å². The summed E-state index contributed by atoms with van der Waals surface area (Å²) in [5.41, 5.74) is 14.3. The highest BCUT2D eigenvalue weighted by atomic mass is 16.4. The Morgan fingerprint density at radius 3 is 1.58 bits per heavy atom. The Morgan fingerprint density at radius 1 is 0.351 bits per heavy atom. The molecule has 11 aromatic rings. The van der Waals surface area contributed by atoms with E-state index in [1.165, 1.54) is 33.0 Å². The molecule has 2 heterocycles. The van der Waals surface area contributed by atoms with Crippen molar-refractivity contribution in [1.82, 2.24) is 4.98 Å². The second-order valence-electron chi connectivity index (χ2n) is 14.4. The smallest absolute Gasteiger partial charge is 0.227 e. The van der Waals surface area contributed by atoms with Gasteiger partial charge in [-0.15, -0.1) is 0 Å². The SMILES string of the molecule is c1ccc(-c2ccc(N(c3ccc(-c4ccc5oc6ccc7oc(-c8ccccc8)nc7c6c5c4)cc3)c3ccc(-c4cccc5ccccc45)cc3)cc2)cc1. The van der Waals surface area contributed by atoms with Crippen LogP contribution < -0.4 is 4.90 Å². The first-order valence-corrected chi connectivity index (χ1v) is 19.2. The summed E-state index contributed by atoms with van der Waals surface area (Å²) in [6.45, 7) is 0. The number of benzene rings is 9. The largest absolute Gasteiger partial charge is 0.456 e. The van der Waals surface area contributed by atoms with Crippen LogP contribution in [0.2, 0.25) is 0 Å². The lowest BCUT2D eigenvalue weighted by molar-refractivity contribution is 0.619. The monoisotopic (exact) mass is 730 g/mol. The van der Waals surface area contributed by atoms with Gasteiger partial charge in [-0.05, 0) is 117 Å². The van der Waals surface area contributed by atoms with Crippen LogP contribution >= 0.6 is 0 Å². The molecule has 0 spiro atoms. The molecule has 0 unspecified atom stereocenters. The fourth-order valence-electron chi connectivity index (χ4n) is 8.09. The van der Waals surface area contributed by atoms with Crippen molar-refractivity contribution in [2.75, 3.05) is 4.90 Å². The van der Waals surface area contributed by atoms with Crippen molar-refractivity contribution in [3.05, 3.63) is 206 Å². The van der Waals surface area contributed by atoms with Crippen molar-refractivity contribution < 1.29 is 8.83 Å². The summed E-state index contributed by atoms with van der Waals surface area (Å²) in [6.07, 6.45) is 0. The van der Waals surface area contributed by atoms with Gasteiger partial charge in [0.05, 0.1) is 5.39 Å². The normalized spacial score (nSPS) is 11.5. The molecule has 4 heteroatoms. The van der Waals surface area contributed by atoms with Gasteiger partial charge < -0.3 is 13.7 Å². The van der Waals surface area contributed by atoms with Gasteiger partial charge in [-0.3, -0.25) is 0 Å². The molecule has 0 bridgehead atoms. The van der Waals surface area contributed by atoms with Crippen LogP contribution in [-0.2, 0) is 0 Å². The summed E-state index contributed by atoms with van der Waals surface area (Å²) in [7, 11) is 0. The van der Waals surface area contributed by atoms with Crippen LogP contribution in [0.4, 0.5) is 17.1 Å². The topological polar surface area (TPSA) is 42.4 Å². The van der Waals surface area contributed by atoms with Gasteiger partial charge >= 0.3 is 0 Å². The first-order valence-electron chi connectivity index (χ1n) is 19.2. The van der Waals surface area contributed by atoms with E-state index in [4.69, 9.17) is 13.8 Å². The second-order valence-corrected chi connectivity index (χ2v) is 14.4. The van der Waals surface area contributed by atoms with Gasteiger partial charge in [-0.1, -0.05) is 133 Å². The predicted molar refractivity (Wildman–Crippen MR) is 235 cm³/mol. The minimum absolute atomic E-state index is 0.599. The highest BCUT2D eigenvalue weighted by Gasteiger charge is 2.18. The fourth-order valence-corrected chi connectivity index (χ4v) is 8.09. The molecule has 0 N–H and O–H groups in total. The highest BCUT2D eigenvalue weighted by molar-refractivity contribution is 6.17. The molecule has 0 saturated carbocycles. The number of oxazole rings is 1. The van der Waals surface area contributed by atoms with E-state index in [2.05, 4.69) is 169 Å². The third-order valence-corrected chi connectivity index (χ3v) is 10.9. The summed E-state index contributed by atoms with van der Waals surface area (Å²) in [5.74, 6) is 0.599. The van der Waals surface area contributed by atoms with Crippen LogP contribution in [-0.4, -0.2) is 4.98 Å². The number of nitrogens with zero attached hydrogens (tertiary/aromatic N) is 2. The number of fused-ring (bicyclic) bond motifs is 6. The molecule has 4 nitrogen and oxygen atoms in total. The lowest BCUT2D eigenvalue weighted by Gasteiger charge is -2.26. The van der Waals surface area contributed by atoms with E-state index in [0.717, 1.165) is 66.8 Å². The Labute approximate surface area is 329 Å². The van der Waals surface area contributed by atoms with Gasteiger partial charge in [0.1, 0.15) is 16.7 Å². The van der Waals surface area contributed by atoms with Crippen molar-refractivity contribution in [3.8, 4) is 44.8 Å². The Kier molecular flexibility index (Phi) is 7.78. The van der Waals surface area contributed by atoms with E-state index in [0.29, 0.717) is 5.89 Å². The third-order valence-electron chi connectivity index (χ3n) is 10.9. The Balaban J connectivity index is 0.975. The van der Waals surface area contributed by atoms with Crippen molar-refractivity contribution in [2.24, 2.45) is 0 Å². The van der Waals surface area contributed by atoms with Crippen LogP contribution in [0.15, 0.2) is 215 Å². The molecule has 0 aliphatic rings. The van der Waals surface area contributed by atoms with Crippen LogP contribution in [0.25, 0.3) is 88.6 Å². The first-order chi connectivity index (χ1) is 28.2. The Morgan fingerprint density at radius 2 is 0.877 bits per heavy atom. The maximum Gasteiger partial charge on any atom is 0.227 e. The Hall–Kier alpha value is -7.69. The zero-order chi connectivity index (χ0) is 37.7. The number of rotatable bonds is 7. The standard InChI is InChI=1S/C53H34N2O2/c1-3-10-35(11-4-1)36-18-25-42(26-19-36)55(44-29-22-39(23-30-44)46-17-9-15-38-12-7-8-16-45(38)46)43-27-20-37(21-28-43)41-24-31-48-47(34-41)51-49(56-48)32-33-50-52(51)54-53(57-50)40-13-5-2-6-14-40/h1-34H. The number of aromatic nitrogens is 1. The molecule has 268 valence electrons. The lowest BCUT2D eigenvalue weighted by atomic mass is 9.98. The molecule has 0 atom stereocenters. The summed E-state index contributed by atoms with van der Waals surface area (Å²) < 4.78 is 12.5. The predicted octanol–water partition coefficient (Wildman–Crippen LogP) is 15.0. The van der Waals surface area contributed by atoms with Crippen molar-refractivity contribution >= 4 is 60.9 Å². The van der Waals surface area contributed by atoms with Crippen LogP contribution in [0, 0.1) is 0 Å². The second kappa shape index (κ2) is 13.6. The molecule has 0 fully saturated rings. The van der Waals surface area contributed by atoms with Gasteiger partial charge in [0.15, 0.2) is 5.58 Å². The van der Waals surface area contributed by atoms with E-state index in [9.17, 15) is 0 Å². The van der Waals surface area contributed by atoms with Crippen LogP contribution in [0.3, 0.4) is 0 Å². The molecular weight excluding hydrogens is 697 g/mol. The van der Waals surface area contributed by atoms with E-state index >= 15 is 0 Å². The van der Waals surface area contributed by atoms with Gasteiger partial charge in [-0.25, -0.2) is 4.98 Å².